The second-order valence-electron chi connectivity index (χ2n) is 3.62. The molecule has 18 heavy (non-hydrogen) atoms. The molecule has 4 nitrogen and oxygen atoms in total. The van der Waals surface area contributed by atoms with Gasteiger partial charge in [-0.25, -0.2) is 9.37 Å². The Morgan fingerprint density at radius 3 is 2.72 bits per heavy atom. The summed E-state index contributed by atoms with van der Waals surface area (Å²) in [6.45, 7) is 1.79. The molecule has 0 radical (unpaired) electrons. The highest BCUT2D eigenvalue weighted by Gasteiger charge is 2.10. The molecule has 0 saturated carbocycles. The average molecular weight is 357 g/mol. The van der Waals surface area contributed by atoms with Gasteiger partial charge in [0.2, 0.25) is 0 Å². The van der Waals surface area contributed by atoms with Crippen molar-refractivity contribution >= 4 is 34.2 Å². The van der Waals surface area contributed by atoms with Crippen LogP contribution in [0.2, 0.25) is 0 Å². The molecule has 0 bridgehead atoms. The summed E-state index contributed by atoms with van der Waals surface area (Å²) in [6, 6.07) is 4.15. The van der Waals surface area contributed by atoms with Crippen molar-refractivity contribution in [3.63, 3.8) is 0 Å². The SMILES string of the molecule is Cc1cnc(C(=O)Nc2ccc(F)cc2I)cn1. The van der Waals surface area contributed by atoms with Crippen molar-refractivity contribution in [3.05, 3.63) is 51.4 Å². The minimum Gasteiger partial charge on any atom is -0.320 e. The van der Waals surface area contributed by atoms with E-state index in [1.165, 1.54) is 30.6 Å². The van der Waals surface area contributed by atoms with E-state index < -0.39 is 0 Å². The highest BCUT2D eigenvalue weighted by molar-refractivity contribution is 14.1. The molecule has 1 N–H and O–H groups in total. The highest BCUT2D eigenvalue weighted by atomic mass is 127. The Balaban J connectivity index is 2.18. The maximum atomic E-state index is 12.9. The van der Waals surface area contributed by atoms with Crippen molar-refractivity contribution in [3.8, 4) is 0 Å². The third-order valence-corrected chi connectivity index (χ3v) is 3.09. The number of carbonyl (C=O) groups is 1. The lowest BCUT2D eigenvalue weighted by atomic mass is 10.3. The molecule has 0 aliphatic heterocycles. The van der Waals surface area contributed by atoms with Gasteiger partial charge in [-0.2, -0.15) is 0 Å². The second-order valence-corrected chi connectivity index (χ2v) is 4.78. The minimum atomic E-state index is -0.368. The first-order chi connectivity index (χ1) is 8.56. The first-order valence-electron chi connectivity index (χ1n) is 5.11. The Morgan fingerprint density at radius 1 is 1.33 bits per heavy atom. The molecular formula is C12H9FIN3O. The van der Waals surface area contributed by atoms with E-state index in [1.54, 1.807) is 6.92 Å². The largest absolute Gasteiger partial charge is 0.320 e. The smallest absolute Gasteiger partial charge is 0.275 e. The maximum Gasteiger partial charge on any atom is 0.275 e. The summed E-state index contributed by atoms with van der Waals surface area (Å²) in [6.07, 6.45) is 2.92. The van der Waals surface area contributed by atoms with Crippen LogP contribution in [0.25, 0.3) is 0 Å². The third-order valence-electron chi connectivity index (χ3n) is 2.19. The standard InChI is InChI=1S/C12H9FIN3O/c1-7-5-16-11(6-15-7)12(18)17-10-3-2-8(13)4-9(10)14/h2-6H,1H3,(H,17,18). The van der Waals surface area contributed by atoms with Crippen molar-refractivity contribution in [1.29, 1.82) is 0 Å². The average Bonchev–Trinajstić information content (AvgIpc) is 2.33. The molecule has 0 aliphatic rings. The van der Waals surface area contributed by atoms with E-state index in [9.17, 15) is 9.18 Å². The molecule has 1 aromatic heterocycles. The van der Waals surface area contributed by atoms with Crippen LogP contribution in [0.1, 0.15) is 16.2 Å². The van der Waals surface area contributed by atoms with Crippen LogP contribution < -0.4 is 5.32 Å². The van der Waals surface area contributed by atoms with E-state index in [0.717, 1.165) is 5.69 Å². The molecule has 92 valence electrons. The number of amides is 1. The Hall–Kier alpha value is -1.57. The summed E-state index contributed by atoms with van der Waals surface area (Å²) in [7, 11) is 0. The topological polar surface area (TPSA) is 54.9 Å². The summed E-state index contributed by atoms with van der Waals surface area (Å²) < 4.78 is 13.5. The van der Waals surface area contributed by atoms with E-state index in [0.29, 0.717) is 9.26 Å². The molecule has 1 amide bonds. The molecule has 0 aliphatic carbocycles. The number of aromatic nitrogens is 2. The number of nitrogens with zero attached hydrogens (tertiary/aromatic N) is 2. The number of aryl methyl sites for hydroxylation is 1. The van der Waals surface area contributed by atoms with E-state index in [4.69, 9.17) is 0 Å². The molecule has 0 atom stereocenters. The number of rotatable bonds is 2. The lowest BCUT2D eigenvalue weighted by Crippen LogP contribution is -2.15. The Kier molecular flexibility index (Phi) is 3.85. The van der Waals surface area contributed by atoms with Crippen molar-refractivity contribution in [1.82, 2.24) is 9.97 Å². The predicted molar refractivity (Wildman–Crippen MR) is 73.8 cm³/mol. The van der Waals surface area contributed by atoms with Gasteiger partial charge in [0, 0.05) is 9.77 Å². The van der Waals surface area contributed by atoms with E-state index in [2.05, 4.69) is 15.3 Å². The van der Waals surface area contributed by atoms with Gasteiger partial charge in [0.1, 0.15) is 11.5 Å². The summed E-state index contributed by atoms with van der Waals surface area (Å²) in [5, 5.41) is 2.66. The van der Waals surface area contributed by atoms with E-state index >= 15 is 0 Å². The van der Waals surface area contributed by atoms with Gasteiger partial charge in [-0.05, 0) is 47.7 Å². The number of anilines is 1. The van der Waals surface area contributed by atoms with Gasteiger partial charge in [-0.1, -0.05) is 0 Å². The summed E-state index contributed by atoms with van der Waals surface area (Å²) >= 11 is 1.95. The molecule has 1 heterocycles. The zero-order valence-corrected chi connectivity index (χ0v) is 11.6. The fourth-order valence-corrected chi connectivity index (χ4v) is 1.90. The molecule has 0 saturated heterocycles. The predicted octanol–water partition coefficient (Wildman–Crippen LogP) is 2.78. The summed E-state index contributed by atoms with van der Waals surface area (Å²) in [4.78, 5) is 19.8. The molecule has 1 aromatic carbocycles. The van der Waals surface area contributed by atoms with Crippen molar-refractivity contribution < 1.29 is 9.18 Å². The molecule has 0 spiro atoms. The van der Waals surface area contributed by atoms with E-state index in [-0.39, 0.29) is 17.4 Å². The number of hydrogen-bond acceptors (Lipinski definition) is 3. The number of halogens is 2. The number of carbonyl (C=O) groups excluding carboxylic acids is 1. The Morgan fingerprint density at radius 2 is 2.11 bits per heavy atom. The van der Waals surface area contributed by atoms with E-state index in [1.807, 2.05) is 22.6 Å². The monoisotopic (exact) mass is 357 g/mol. The van der Waals surface area contributed by atoms with Gasteiger partial charge in [-0.3, -0.25) is 9.78 Å². The zero-order valence-electron chi connectivity index (χ0n) is 9.45. The maximum absolute atomic E-state index is 12.9. The molecule has 0 fully saturated rings. The fraction of sp³-hybridized carbons (Fsp3) is 0.0833. The van der Waals surface area contributed by atoms with Crippen molar-refractivity contribution in [2.75, 3.05) is 5.32 Å². The minimum absolute atomic E-state index is 0.223. The van der Waals surface area contributed by atoms with Crippen LogP contribution in [0.5, 0.6) is 0 Å². The molecule has 2 rings (SSSR count). The van der Waals surface area contributed by atoms with Crippen molar-refractivity contribution in [2.24, 2.45) is 0 Å². The number of nitrogens with one attached hydrogen (secondary N) is 1. The quantitative estimate of drug-likeness (QED) is 0.841. The summed E-state index contributed by atoms with van der Waals surface area (Å²) in [5.74, 6) is -0.709. The molecule has 0 unspecified atom stereocenters. The Bertz CT molecular complexity index is 586. The fourth-order valence-electron chi connectivity index (χ4n) is 1.29. The van der Waals surface area contributed by atoms with Gasteiger partial charge >= 0.3 is 0 Å². The van der Waals surface area contributed by atoms with Crippen LogP contribution in [0, 0.1) is 16.3 Å². The van der Waals surface area contributed by atoms with Crippen molar-refractivity contribution in [2.45, 2.75) is 6.92 Å². The van der Waals surface area contributed by atoms with Crippen LogP contribution in [0.4, 0.5) is 10.1 Å². The second kappa shape index (κ2) is 5.38. The Labute approximate surface area is 117 Å². The van der Waals surface area contributed by atoms with Gasteiger partial charge in [-0.15, -0.1) is 0 Å². The zero-order chi connectivity index (χ0) is 13.1. The third kappa shape index (κ3) is 3.00. The molecule has 6 heteroatoms. The van der Waals surface area contributed by atoms with Crippen LogP contribution in [-0.4, -0.2) is 15.9 Å². The molecular weight excluding hydrogens is 348 g/mol. The normalized spacial score (nSPS) is 10.2. The van der Waals surface area contributed by atoms with Gasteiger partial charge < -0.3 is 5.32 Å². The van der Waals surface area contributed by atoms with Crippen LogP contribution in [0.3, 0.4) is 0 Å². The van der Waals surface area contributed by atoms with Crippen LogP contribution >= 0.6 is 22.6 Å². The highest BCUT2D eigenvalue weighted by Crippen LogP contribution is 2.19. The molecule has 2 aromatic rings. The van der Waals surface area contributed by atoms with Gasteiger partial charge in [0.05, 0.1) is 17.6 Å². The number of hydrogen-bond donors (Lipinski definition) is 1. The summed E-state index contributed by atoms with van der Waals surface area (Å²) in [5.41, 5.74) is 1.51. The van der Waals surface area contributed by atoms with Gasteiger partial charge in [0.15, 0.2) is 0 Å². The lowest BCUT2D eigenvalue weighted by Gasteiger charge is -2.06. The first kappa shape index (κ1) is 12.9. The van der Waals surface area contributed by atoms with Gasteiger partial charge in [0.25, 0.3) is 5.91 Å². The van der Waals surface area contributed by atoms with Crippen LogP contribution in [-0.2, 0) is 0 Å². The first-order valence-corrected chi connectivity index (χ1v) is 6.19. The number of benzene rings is 1. The lowest BCUT2D eigenvalue weighted by molar-refractivity contribution is 0.102. The van der Waals surface area contributed by atoms with Crippen LogP contribution in [0.15, 0.2) is 30.6 Å².